The Morgan fingerprint density at radius 2 is 1.77 bits per heavy atom. The maximum absolute atomic E-state index is 6.13. The van der Waals surface area contributed by atoms with Gasteiger partial charge >= 0.3 is 0 Å². The highest BCUT2D eigenvalue weighted by Gasteiger charge is 2.20. The normalized spacial score (nSPS) is 14.4. The molecule has 3 aromatic rings. The number of hydrogen-bond acceptors (Lipinski definition) is 4. The highest BCUT2D eigenvalue weighted by molar-refractivity contribution is 14.0. The molecule has 0 bridgehead atoms. The standard InChI is InChI=1S/C21H24ClN7.HI/c1-23-21(24-15-20-26-25-16-29(20)18-7-3-2-4-8-18)28-12-10-27(11-13-28)19-9-5-6-17(22)14-19;/h2-9,14,16H,10-13,15H2,1H3,(H,23,24);1H. The van der Waals surface area contributed by atoms with Gasteiger partial charge in [-0.1, -0.05) is 35.9 Å². The quantitative estimate of drug-likeness (QED) is 0.314. The first-order chi connectivity index (χ1) is 14.2. The van der Waals surface area contributed by atoms with Crippen molar-refractivity contribution in [3.05, 3.63) is 71.8 Å². The molecule has 1 N–H and O–H groups in total. The molecule has 0 aliphatic carbocycles. The van der Waals surface area contributed by atoms with Gasteiger partial charge in [-0.05, 0) is 30.3 Å². The Morgan fingerprint density at radius 1 is 1.03 bits per heavy atom. The van der Waals surface area contributed by atoms with Crippen LogP contribution in [0.25, 0.3) is 5.69 Å². The zero-order chi connectivity index (χ0) is 20.1. The molecule has 1 aromatic heterocycles. The number of piperazine rings is 1. The van der Waals surface area contributed by atoms with Crippen molar-refractivity contribution in [2.45, 2.75) is 6.54 Å². The SMILES string of the molecule is CN=C(NCc1nncn1-c1ccccc1)N1CCN(c2cccc(Cl)c2)CC1.I. The lowest BCUT2D eigenvalue weighted by molar-refractivity contribution is 0.372. The van der Waals surface area contributed by atoms with Crippen molar-refractivity contribution < 1.29 is 0 Å². The first kappa shape index (κ1) is 22.4. The number of para-hydroxylation sites is 1. The van der Waals surface area contributed by atoms with Crippen molar-refractivity contribution in [2.75, 3.05) is 38.1 Å². The first-order valence-electron chi connectivity index (χ1n) is 9.65. The highest BCUT2D eigenvalue weighted by atomic mass is 127. The van der Waals surface area contributed by atoms with Crippen molar-refractivity contribution in [3.63, 3.8) is 0 Å². The van der Waals surface area contributed by atoms with Crippen molar-refractivity contribution in [1.29, 1.82) is 0 Å². The molecule has 0 unspecified atom stereocenters. The third-order valence-corrected chi connectivity index (χ3v) is 5.26. The van der Waals surface area contributed by atoms with Crippen LogP contribution < -0.4 is 10.2 Å². The minimum Gasteiger partial charge on any atom is -0.368 e. The molecule has 2 heterocycles. The Hall–Kier alpha value is -2.33. The molecule has 0 saturated carbocycles. The average Bonchev–Trinajstić information content (AvgIpc) is 3.24. The number of rotatable bonds is 4. The van der Waals surface area contributed by atoms with E-state index in [1.165, 1.54) is 0 Å². The van der Waals surface area contributed by atoms with E-state index in [-0.39, 0.29) is 24.0 Å². The Bertz CT molecular complexity index is 968. The van der Waals surface area contributed by atoms with Gasteiger partial charge in [0, 0.05) is 49.6 Å². The molecular formula is C21H25ClIN7. The molecular weight excluding hydrogens is 513 g/mol. The van der Waals surface area contributed by atoms with Crippen molar-refractivity contribution in [3.8, 4) is 5.69 Å². The van der Waals surface area contributed by atoms with Gasteiger partial charge in [0.1, 0.15) is 6.33 Å². The highest BCUT2D eigenvalue weighted by Crippen LogP contribution is 2.20. The van der Waals surface area contributed by atoms with Crippen molar-refractivity contribution in [1.82, 2.24) is 25.0 Å². The van der Waals surface area contributed by atoms with Gasteiger partial charge in [-0.3, -0.25) is 9.56 Å². The Balaban J connectivity index is 0.00000256. The minimum atomic E-state index is 0. The molecule has 1 aliphatic heterocycles. The summed E-state index contributed by atoms with van der Waals surface area (Å²) in [4.78, 5) is 9.08. The summed E-state index contributed by atoms with van der Waals surface area (Å²) >= 11 is 6.13. The zero-order valence-electron chi connectivity index (χ0n) is 16.8. The maximum Gasteiger partial charge on any atom is 0.194 e. The number of nitrogens with zero attached hydrogens (tertiary/aromatic N) is 6. The van der Waals surface area contributed by atoms with Crippen LogP contribution in [-0.2, 0) is 6.54 Å². The fourth-order valence-electron chi connectivity index (χ4n) is 3.52. The van der Waals surface area contributed by atoms with Gasteiger partial charge in [0.25, 0.3) is 0 Å². The lowest BCUT2D eigenvalue weighted by atomic mass is 10.2. The monoisotopic (exact) mass is 537 g/mol. The molecule has 2 aromatic carbocycles. The molecule has 1 saturated heterocycles. The van der Waals surface area contributed by atoms with E-state index in [2.05, 4.69) is 36.4 Å². The van der Waals surface area contributed by atoms with Crippen LogP contribution in [0.1, 0.15) is 5.82 Å². The molecule has 0 spiro atoms. The average molecular weight is 538 g/mol. The van der Waals surface area contributed by atoms with Gasteiger partial charge in [0.2, 0.25) is 0 Å². The Kier molecular flexibility index (Phi) is 7.92. The van der Waals surface area contributed by atoms with Gasteiger partial charge in [-0.15, -0.1) is 34.2 Å². The van der Waals surface area contributed by atoms with Gasteiger partial charge in [-0.25, -0.2) is 0 Å². The topological polar surface area (TPSA) is 61.6 Å². The maximum atomic E-state index is 6.13. The van der Waals surface area contributed by atoms with E-state index < -0.39 is 0 Å². The molecule has 1 fully saturated rings. The second-order valence-electron chi connectivity index (χ2n) is 6.81. The van der Waals surface area contributed by atoms with E-state index in [9.17, 15) is 0 Å². The summed E-state index contributed by atoms with van der Waals surface area (Å²) in [6.45, 7) is 4.16. The van der Waals surface area contributed by atoms with E-state index in [1.807, 2.05) is 60.1 Å². The molecule has 1 aliphatic rings. The third-order valence-electron chi connectivity index (χ3n) is 5.02. The van der Waals surface area contributed by atoms with Crippen LogP contribution in [0.2, 0.25) is 5.02 Å². The molecule has 0 amide bonds. The lowest BCUT2D eigenvalue weighted by Gasteiger charge is -2.37. The summed E-state index contributed by atoms with van der Waals surface area (Å²) in [5, 5.41) is 12.5. The largest absolute Gasteiger partial charge is 0.368 e. The summed E-state index contributed by atoms with van der Waals surface area (Å²) < 4.78 is 1.98. The minimum absolute atomic E-state index is 0. The first-order valence-corrected chi connectivity index (χ1v) is 10.0. The number of benzene rings is 2. The predicted octanol–water partition coefficient (Wildman–Crippen LogP) is 3.44. The number of aromatic nitrogens is 3. The molecule has 158 valence electrons. The summed E-state index contributed by atoms with van der Waals surface area (Å²) in [6.07, 6.45) is 1.73. The van der Waals surface area contributed by atoms with E-state index in [1.54, 1.807) is 6.33 Å². The second-order valence-corrected chi connectivity index (χ2v) is 7.24. The fraction of sp³-hybridized carbons (Fsp3) is 0.286. The van der Waals surface area contributed by atoms with Gasteiger partial charge in [0.15, 0.2) is 11.8 Å². The number of anilines is 1. The number of halogens is 2. The number of hydrogen-bond donors (Lipinski definition) is 1. The van der Waals surface area contributed by atoms with E-state index in [4.69, 9.17) is 11.6 Å². The molecule has 9 heteroatoms. The van der Waals surface area contributed by atoms with Crippen molar-refractivity contribution >= 4 is 47.2 Å². The van der Waals surface area contributed by atoms with Crippen molar-refractivity contribution in [2.24, 2.45) is 4.99 Å². The smallest absolute Gasteiger partial charge is 0.194 e. The van der Waals surface area contributed by atoms with Gasteiger partial charge in [0.05, 0.1) is 6.54 Å². The van der Waals surface area contributed by atoms with Crippen LogP contribution in [0, 0.1) is 0 Å². The predicted molar refractivity (Wildman–Crippen MR) is 132 cm³/mol. The van der Waals surface area contributed by atoms with Gasteiger partial charge < -0.3 is 15.1 Å². The van der Waals surface area contributed by atoms with Crippen LogP contribution in [0.15, 0.2) is 65.9 Å². The number of guanidine groups is 1. The lowest BCUT2D eigenvalue weighted by Crippen LogP contribution is -2.52. The number of nitrogens with one attached hydrogen (secondary N) is 1. The van der Waals surface area contributed by atoms with E-state index in [0.29, 0.717) is 6.54 Å². The Morgan fingerprint density at radius 3 is 2.47 bits per heavy atom. The van der Waals surface area contributed by atoms with Crippen LogP contribution >= 0.6 is 35.6 Å². The summed E-state index contributed by atoms with van der Waals surface area (Å²) in [6, 6.07) is 18.1. The van der Waals surface area contributed by atoms with E-state index >= 15 is 0 Å². The summed E-state index contributed by atoms with van der Waals surface area (Å²) in [7, 11) is 1.81. The summed E-state index contributed by atoms with van der Waals surface area (Å²) in [5.41, 5.74) is 2.20. The van der Waals surface area contributed by atoms with Crippen LogP contribution in [0.3, 0.4) is 0 Å². The zero-order valence-corrected chi connectivity index (χ0v) is 19.9. The summed E-state index contributed by atoms with van der Waals surface area (Å²) in [5.74, 6) is 1.72. The molecule has 30 heavy (non-hydrogen) atoms. The number of aliphatic imine (C=N–C) groups is 1. The van der Waals surface area contributed by atoms with Gasteiger partial charge in [-0.2, -0.15) is 0 Å². The van der Waals surface area contributed by atoms with E-state index in [0.717, 1.165) is 54.4 Å². The second kappa shape index (κ2) is 10.6. The van der Waals surface area contributed by atoms with Crippen LogP contribution in [-0.4, -0.2) is 58.9 Å². The molecule has 7 nitrogen and oxygen atoms in total. The van der Waals surface area contributed by atoms with Crippen LogP contribution in [0.5, 0.6) is 0 Å². The third kappa shape index (κ3) is 5.23. The Labute approximate surface area is 198 Å². The van der Waals surface area contributed by atoms with Crippen LogP contribution in [0.4, 0.5) is 5.69 Å². The molecule has 0 radical (unpaired) electrons. The molecule has 0 atom stereocenters. The fourth-order valence-corrected chi connectivity index (χ4v) is 3.71. The molecule has 4 rings (SSSR count).